The molecule has 4 rings (SSSR count). The molecular formula is C16H11F2N3. The smallest absolute Gasteiger partial charge is 0.130 e. The summed E-state index contributed by atoms with van der Waals surface area (Å²) in [6, 6.07) is 10.9. The summed E-state index contributed by atoms with van der Waals surface area (Å²) in [5.74, 6) is 0.137. The van der Waals surface area contributed by atoms with E-state index >= 15 is 0 Å². The number of nitrogens with zero attached hydrogens (tertiary/aromatic N) is 1. The Morgan fingerprint density at radius 1 is 1.05 bits per heavy atom. The summed E-state index contributed by atoms with van der Waals surface area (Å²) in [5, 5.41) is 10.3. The Kier molecular flexibility index (Phi) is 2.54. The van der Waals surface area contributed by atoms with Gasteiger partial charge in [-0.2, -0.15) is 5.10 Å². The number of aromatic amines is 1. The maximum Gasteiger partial charge on any atom is 0.130 e. The SMILES string of the molecule is Fc1cccc(Nc2[nH]nc3c2Cc2ccc(F)cc2-3)c1. The van der Waals surface area contributed by atoms with Crippen molar-refractivity contribution in [1.82, 2.24) is 10.2 Å². The zero-order valence-corrected chi connectivity index (χ0v) is 11.0. The molecule has 0 amide bonds. The number of hydrogen-bond acceptors (Lipinski definition) is 2. The topological polar surface area (TPSA) is 40.7 Å². The minimum absolute atomic E-state index is 0.274. The van der Waals surface area contributed by atoms with Crippen molar-refractivity contribution in [2.45, 2.75) is 6.42 Å². The summed E-state index contributed by atoms with van der Waals surface area (Å²) in [6.45, 7) is 0. The molecule has 1 aromatic heterocycles. The Morgan fingerprint density at radius 2 is 1.90 bits per heavy atom. The second-order valence-electron chi connectivity index (χ2n) is 5.04. The number of aromatic nitrogens is 2. The van der Waals surface area contributed by atoms with Crippen LogP contribution in [0.25, 0.3) is 11.3 Å². The number of rotatable bonds is 2. The molecule has 3 nitrogen and oxygen atoms in total. The maximum absolute atomic E-state index is 13.4. The van der Waals surface area contributed by atoms with E-state index in [1.54, 1.807) is 18.2 Å². The van der Waals surface area contributed by atoms with E-state index in [0.29, 0.717) is 17.9 Å². The van der Waals surface area contributed by atoms with Gasteiger partial charge in [0, 0.05) is 23.2 Å². The molecule has 0 radical (unpaired) electrons. The van der Waals surface area contributed by atoms with Crippen LogP contribution in [0.4, 0.5) is 20.3 Å². The monoisotopic (exact) mass is 283 g/mol. The first-order valence-corrected chi connectivity index (χ1v) is 6.59. The average molecular weight is 283 g/mol. The maximum atomic E-state index is 13.4. The van der Waals surface area contributed by atoms with Gasteiger partial charge in [-0.15, -0.1) is 0 Å². The second-order valence-corrected chi connectivity index (χ2v) is 5.04. The van der Waals surface area contributed by atoms with Gasteiger partial charge in [0.1, 0.15) is 17.5 Å². The third kappa shape index (κ3) is 1.98. The molecule has 0 bridgehead atoms. The van der Waals surface area contributed by atoms with Crippen molar-refractivity contribution >= 4 is 11.5 Å². The molecule has 2 aromatic carbocycles. The predicted octanol–water partition coefficient (Wildman–Crippen LogP) is 4.00. The molecule has 0 aliphatic heterocycles. The molecule has 104 valence electrons. The lowest BCUT2D eigenvalue weighted by Gasteiger charge is -2.05. The van der Waals surface area contributed by atoms with Gasteiger partial charge in [-0.3, -0.25) is 5.10 Å². The first-order valence-electron chi connectivity index (χ1n) is 6.59. The third-order valence-corrected chi connectivity index (χ3v) is 3.66. The number of halogens is 2. The van der Waals surface area contributed by atoms with Gasteiger partial charge in [0.15, 0.2) is 0 Å². The van der Waals surface area contributed by atoms with Crippen molar-refractivity contribution in [3.05, 3.63) is 65.2 Å². The van der Waals surface area contributed by atoms with Gasteiger partial charge in [0.25, 0.3) is 0 Å². The van der Waals surface area contributed by atoms with Crippen LogP contribution < -0.4 is 5.32 Å². The third-order valence-electron chi connectivity index (χ3n) is 3.66. The average Bonchev–Trinajstić information content (AvgIpc) is 2.99. The molecule has 0 atom stereocenters. The van der Waals surface area contributed by atoms with Crippen molar-refractivity contribution in [2.75, 3.05) is 5.32 Å². The summed E-state index contributed by atoms with van der Waals surface area (Å²) in [4.78, 5) is 0. The van der Waals surface area contributed by atoms with Crippen LogP contribution in [0.15, 0.2) is 42.5 Å². The van der Waals surface area contributed by atoms with Crippen LogP contribution >= 0.6 is 0 Å². The highest BCUT2D eigenvalue weighted by Crippen LogP contribution is 2.39. The lowest BCUT2D eigenvalue weighted by atomic mass is 10.1. The van der Waals surface area contributed by atoms with E-state index in [-0.39, 0.29) is 11.6 Å². The Bertz CT molecular complexity index is 839. The zero-order valence-electron chi connectivity index (χ0n) is 11.0. The van der Waals surface area contributed by atoms with Gasteiger partial charge >= 0.3 is 0 Å². The van der Waals surface area contributed by atoms with Crippen molar-refractivity contribution in [2.24, 2.45) is 0 Å². The van der Waals surface area contributed by atoms with Gasteiger partial charge < -0.3 is 5.32 Å². The van der Waals surface area contributed by atoms with E-state index in [2.05, 4.69) is 15.5 Å². The first-order chi connectivity index (χ1) is 10.2. The highest BCUT2D eigenvalue weighted by molar-refractivity contribution is 5.79. The largest absolute Gasteiger partial charge is 0.340 e. The minimum Gasteiger partial charge on any atom is -0.340 e. The second kappa shape index (κ2) is 4.41. The molecule has 1 aliphatic rings. The normalized spacial score (nSPS) is 12.1. The standard InChI is InChI=1S/C16H11F2N3/c17-10-2-1-3-12(7-10)19-16-14-6-9-4-5-11(18)8-13(9)15(14)20-21-16/h1-5,7-8H,6H2,(H2,19,20,21). The predicted molar refractivity (Wildman–Crippen MR) is 76.5 cm³/mol. The molecule has 0 fully saturated rings. The molecule has 21 heavy (non-hydrogen) atoms. The van der Waals surface area contributed by atoms with Crippen LogP contribution in [-0.2, 0) is 6.42 Å². The highest BCUT2D eigenvalue weighted by Gasteiger charge is 2.25. The van der Waals surface area contributed by atoms with E-state index in [9.17, 15) is 8.78 Å². The number of benzene rings is 2. The Labute approximate surface area is 119 Å². The van der Waals surface area contributed by atoms with Crippen molar-refractivity contribution in [1.29, 1.82) is 0 Å². The molecule has 1 aliphatic carbocycles. The lowest BCUT2D eigenvalue weighted by molar-refractivity contribution is 0.627. The fourth-order valence-corrected chi connectivity index (χ4v) is 2.69. The van der Waals surface area contributed by atoms with Crippen LogP contribution in [0.1, 0.15) is 11.1 Å². The fraction of sp³-hybridized carbons (Fsp3) is 0.0625. The zero-order chi connectivity index (χ0) is 14.4. The summed E-state index contributed by atoms with van der Waals surface area (Å²) in [6.07, 6.45) is 0.680. The lowest BCUT2D eigenvalue weighted by Crippen LogP contribution is -1.95. The van der Waals surface area contributed by atoms with Crippen molar-refractivity contribution in [3.8, 4) is 11.3 Å². The number of fused-ring (bicyclic) bond motifs is 3. The number of anilines is 2. The summed E-state index contributed by atoms with van der Waals surface area (Å²) in [5.41, 5.74) is 4.23. The summed E-state index contributed by atoms with van der Waals surface area (Å²) >= 11 is 0. The molecule has 0 spiro atoms. The Hall–Kier alpha value is -2.69. The minimum atomic E-state index is -0.304. The van der Waals surface area contributed by atoms with Gasteiger partial charge in [-0.05, 0) is 35.9 Å². The number of nitrogens with one attached hydrogen (secondary N) is 2. The fourth-order valence-electron chi connectivity index (χ4n) is 2.69. The quantitative estimate of drug-likeness (QED) is 0.583. The number of H-pyrrole nitrogens is 1. The molecular weight excluding hydrogens is 272 g/mol. The molecule has 0 saturated carbocycles. The van der Waals surface area contributed by atoms with Crippen LogP contribution in [0.3, 0.4) is 0 Å². The van der Waals surface area contributed by atoms with Crippen molar-refractivity contribution in [3.63, 3.8) is 0 Å². The van der Waals surface area contributed by atoms with E-state index in [1.165, 1.54) is 24.3 Å². The molecule has 2 N–H and O–H groups in total. The molecule has 0 saturated heterocycles. The van der Waals surface area contributed by atoms with Crippen molar-refractivity contribution < 1.29 is 8.78 Å². The van der Waals surface area contributed by atoms with Crippen LogP contribution in [0.5, 0.6) is 0 Å². The summed E-state index contributed by atoms with van der Waals surface area (Å²) in [7, 11) is 0. The van der Waals surface area contributed by atoms with Gasteiger partial charge in [0.2, 0.25) is 0 Å². The van der Waals surface area contributed by atoms with Gasteiger partial charge in [0.05, 0.1) is 5.69 Å². The van der Waals surface area contributed by atoms with Gasteiger partial charge in [-0.25, -0.2) is 8.78 Å². The van der Waals surface area contributed by atoms with E-state index in [4.69, 9.17) is 0 Å². The molecule has 3 aromatic rings. The van der Waals surface area contributed by atoms with E-state index < -0.39 is 0 Å². The Balaban J connectivity index is 1.72. The van der Waals surface area contributed by atoms with Crippen LogP contribution in [0, 0.1) is 11.6 Å². The molecule has 0 unspecified atom stereocenters. The van der Waals surface area contributed by atoms with Crippen LogP contribution in [0.2, 0.25) is 0 Å². The molecule has 5 heteroatoms. The number of hydrogen-bond donors (Lipinski definition) is 2. The highest BCUT2D eigenvalue weighted by atomic mass is 19.1. The molecule has 1 heterocycles. The van der Waals surface area contributed by atoms with Crippen LogP contribution in [-0.4, -0.2) is 10.2 Å². The summed E-state index contributed by atoms with van der Waals surface area (Å²) < 4.78 is 26.6. The van der Waals surface area contributed by atoms with Gasteiger partial charge in [-0.1, -0.05) is 12.1 Å². The Morgan fingerprint density at radius 3 is 2.76 bits per heavy atom. The van der Waals surface area contributed by atoms with E-state index in [1.807, 2.05) is 0 Å². The van der Waals surface area contributed by atoms with E-state index in [0.717, 1.165) is 22.4 Å². The first kappa shape index (κ1) is 12.1.